The minimum atomic E-state index is -0.245. The number of carbonyl (C=O) groups is 2. The standard InChI is InChI=1S/C21H26BrN5O3/c1-25(14-20(28)24-17-4-3-5-18(12-17)30-2)21(29)15-26-8-10-27(11-9-26)19-7-6-16(22)13-23-19/h3-7,12-13H,8-11,14-15H2,1-2H3,(H,24,28). The highest BCUT2D eigenvalue weighted by Crippen LogP contribution is 2.17. The molecule has 3 rings (SSSR count). The number of hydrogen-bond acceptors (Lipinski definition) is 6. The van der Waals surface area contributed by atoms with Crippen LogP contribution in [0.2, 0.25) is 0 Å². The molecule has 8 nitrogen and oxygen atoms in total. The van der Waals surface area contributed by atoms with Crippen LogP contribution >= 0.6 is 15.9 Å². The zero-order valence-corrected chi connectivity index (χ0v) is 18.8. The molecule has 0 radical (unpaired) electrons. The summed E-state index contributed by atoms with van der Waals surface area (Å²) in [5.74, 6) is 1.28. The zero-order valence-electron chi connectivity index (χ0n) is 17.2. The van der Waals surface area contributed by atoms with E-state index in [1.807, 2.05) is 12.1 Å². The lowest BCUT2D eigenvalue weighted by molar-refractivity contribution is -0.134. The Labute approximate surface area is 184 Å². The zero-order chi connectivity index (χ0) is 21.5. The molecule has 2 heterocycles. The number of pyridine rings is 1. The number of hydrogen-bond donors (Lipinski definition) is 1. The molecule has 1 N–H and O–H groups in total. The van der Waals surface area contributed by atoms with Crippen LogP contribution < -0.4 is 15.0 Å². The number of likely N-dealkylation sites (N-methyl/N-ethyl adjacent to an activating group) is 1. The minimum Gasteiger partial charge on any atom is -0.497 e. The number of amides is 2. The normalized spacial score (nSPS) is 14.3. The number of aromatic nitrogens is 1. The van der Waals surface area contributed by atoms with Crippen molar-refractivity contribution in [3.05, 3.63) is 47.1 Å². The molecule has 9 heteroatoms. The van der Waals surface area contributed by atoms with Crippen LogP contribution in [0.25, 0.3) is 0 Å². The van der Waals surface area contributed by atoms with E-state index in [9.17, 15) is 9.59 Å². The Bertz CT molecular complexity index is 869. The van der Waals surface area contributed by atoms with Crippen LogP contribution in [0.3, 0.4) is 0 Å². The lowest BCUT2D eigenvalue weighted by atomic mass is 10.3. The Morgan fingerprint density at radius 2 is 1.97 bits per heavy atom. The predicted molar refractivity (Wildman–Crippen MR) is 120 cm³/mol. The van der Waals surface area contributed by atoms with Crippen molar-refractivity contribution in [1.29, 1.82) is 0 Å². The fraction of sp³-hybridized carbons (Fsp3) is 0.381. The summed E-state index contributed by atoms with van der Waals surface area (Å²) in [6.07, 6.45) is 1.79. The van der Waals surface area contributed by atoms with Crippen molar-refractivity contribution in [3.63, 3.8) is 0 Å². The van der Waals surface area contributed by atoms with Gasteiger partial charge in [-0.1, -0.05) is 6.07 Å². The molecule has 1 aliphatic heterocycles. The predicted octanol–water partition coefficient (Wildman–Crippen LogP) is 2.07. The van der Waals surface area contributed by atoms with Gasteiger partial charge >= 0.3 is 0 Å². The second-order valence-corrected chi connectivity index (χ2v) is 8.04. The molecule has 0 saturated carbocycles. The molecule has 0 spiro atoms. The highest BCUT2D eigenvalue weighted by Gasteiger charge is 2.22. The molecule has 0 unspecified atom stereocenters. The fourth-order valence-corrected chi connectivity index (χ4v) is 3.44. The second kappa shape index (κ2) is 10.4. The summed E-state index contributed by atoms with van der Waals surface area (Å²) >= 11 is 3.40. The Hall–Kier alpha value is -2.65. The van der Waals surface area contributed by atoms with Crippen LogP contribution in [0.1, 0.15) is 0 Å². The number of nitrogens with zero attached hydrogens (tertiary/aromatic N) is 4. The first-order valence-corrected chi connectivity index (χ1v) is 10.5. The molecule has 0 aliphatic carbocycles. The van der Waals surface area contributed by atoms with Gasteiger partial charge in [-0.15, -0.1) is 0 Å². The lowest BCUT2D eigenvalue weighted by Gasteiger charge is -2.35. The van der Waals surface area contributed by atoms with E-state index < -0.39 is 0 Å². The number of benzene rings is 1. The average Bonchev–Trinajstić information content (AvgIpc) is 2.75. The third-order valence-electron chi connectivity index (χ3n) is 4.93. The van der Waals surface area contributed by atoms with Crippen LogP contribution in [0.5, 0.6) is 5.75 Å². The van der Waals surface area contributed by atoms with Gasteiger partial charge in [0.1, 0.15) is 11.6 Å². The molecule has 1 aromatic carbocycles. The third-order valence-corrected chi connectivity index (χ3v) is 5.40. The van der Waals surface area contributed by atoms with E-state index in [4.69, 9.17) is 4.74 Å². The van der Waals surface area contributed by atoms with Gasteiger partial charge in [0.25, 0.3) is 0 Å². The molecule has 2 aromatic rings. The first-order valence-electron chi connectivity index (χ1n) is 9.71. The van der Waals surface area contributed by atoms with E-state index in [0.29, 0.717) is 18.0 Å². The van der Waals surface area contributed by atoms with Crippen molar-refractivity contribution < 1.29 is 14.3 Å². The van der Waals surface area contributed by atoms with E-state index in [1.165, 1.54) is 4.90 Å². The minimum absolute atomic E-state index is 0.00117. The number of piperazine rings is 1. The number of methoxy groups -OCH3 is 1. The Morgan fingerprint density at radius 3 is 2.63 bits per heavy atom. The Balaban J connectivity index is 1.43. The SMILES string of the molecule is COc1cccc(NC(=O)CN(C)C(=O)CN2CCN(c3ccc(Br)cn3)CC2)c1. The van der Waals surface area contributed by atoms with Gasteiger partial charge in [0.15, 0.2) is 0 Å². The number of ether oxygens (including phenoxy) is 1. The maximum atomic E-state index is 12.5. The Morgan fingerprint density at radius 1 is 1.20 bits per heavy atom. The van der Waals surface area contributed by atoms with Gasteiger partial charge in [0, 0.05) is 55.7 Å². The molecule has 1 aromatic heterocycles. The lowest BCUT2D eigenvalue weighted by Crippen LogP contribution is -2.50. The summed E-state index contributed by atoms with van der Waals surface area (Å²) in [5, 5.41) is 2.79. The monoisotopic (exact) mass is 475 g/mol. The number of halogens is 1. The molecule has 0 bridgehead atoms. The van der Waals surface area contributed by atoms with E-state index >= 15 is 0 Å². The van der Waals surface area contributed by atoms with Crippen LogP contribution in [-0.4, -0.2) is 80.0 Å². The molecule has 160 valence electrons. The van der Waals surface area contributed by atoms with E-state index in [1.54, 1.807) is 44.6 Å². The maximum absolute atomic E-state index is 12.5. The van der Waals surface area contributed by atoms with Crippen molar-refractivity contribution in [2.24, 2.45) is 0 Å². The maximum Gasteiger partial charge on any atom is 0.243 e. The number of rotatable bonds is 7. The molecular formula is C21H26BrN5O3. The van der Waals surface area contributed by atoms with Crippen molar-refractivity contribution in [2.75, 3.05) is 63.6 Å². The van der Waals surface area contributed by atoms with Crippen molar-refractivity contribution >= 4 is 39.2 Å². The third kappa shape index (κ3) is 6.17. The topological polar surface area (TPSA) is 78.0 Å². The van der Waals surface area contributed by atoms with Crippen molar-refractivity contribution in [3.8, 4) is 5.75 Å². The average molecular weight is 476 g/mol. The number of nitrogens with one attached hydrogen (secondary N) is 1. The fourth-order valence-electron chi connectivity index (χ4n) is 3.21. The van der Waals surface area contributed by atoms with E-state index in [0.717, 1.165) is 36.5 Å². The molecule has 1 fully saturated rings. The highest BCUT2D eigenvalue weighted by atomic mass is 79.9. The van der Waals surface area contributed by atoms with Gasteiger partial charge in [0.2, 0.25) is 11.8 Å². The molecular weight excluding hydrogens is 450 g/mol. The molecule has 30 heavy (non-hydrogen) atoms. The van der Waals surface area contributed by atoms with Crippen molar-refractivity contribution in [1.82, 2.24) is 14.8 Å². The number of carbonyl (C=O) groups excluding carboxylic acids is 2. The van der Waals surface area contributed by atoms with Crippen LogP contribution in [0.4, 0.5) is 11.5 Å². The van der Waals surface area contributed by atoms with Gasteiger partial charge in [-0.05, 0) is 40.2 Å². The quantitative estimate of drug-likeness (QED) is 0.660. The van der Waals surface area contributed by atoms with Crippen LogP contribution in [-0.2, 0) is 9.59 Å². The first kappa shape index (κ1) is 22.0. The Kier molecular flexibility index (Phi) is 7.64. The highest BCUT2D eigenvalue weighted by molar-refractivity contribution is 9.10. The van der Waals surface area contributed by atoms with Crippen molar-refractivity contribution in [2.45, 2.75) is 0 Å². The molecule has 1 aliphatic rings. The van der Waals surface area contributed by atoms with Gasteiger partial charge in [-0.3, -0.25) is 14.5 Å². The number of anilines is 2. The summed E-state index contributed by atoms with van der Waals surface area (Å²) in [6, 6.07) is 11.1. The molecule has 1 saturated heterocycles. The summed E-state index contributed by atoms with van der Waals surface area (Å²) in [4.78, 5) is 35.0. The van der Waals surface area contributed by atoms with Crippen LogP contribution in [0, 0.1) is 0 Å². The second-order valence-electron chi connectivity index (χ2n) is 7.13. The van der Waals surface area contributed by atoms with Crippen LogP contribution in [0.15, 0.2) is 47.1 Å². The van der Waals surface area contributed by atoms with Gasteiger partial charge in [0.05, 0.1) is 20.2 Å². The first-order chi connectivity index (χ1) is 14.4. The van der Waals surface area contributed by atoms with E-state index in [2.05, 4.69) is 36.0 Å². The summed E-state index contributed by atoms with van der Waals surface area (Å²) < 4.78 is 6.10. The summed E-state index contributed by atoms with van der Waals surface area (Å²) in [5.41, 5.74) is 0.637. The summed E-state index contributed by atoms with van der Waals surface area (Å²) in [6.45, 7) is 3.45. The molecule has 2 amide bonds. The van der Waals surface area contributed by atoms with Gasteiger partial charge in [-0.25, -0.2) is 4.98 Å². The largest absolute Gasteiger partial charge is 0.497 e. The van der Waals surface area contributed by atoms with Gasteiger partial charge < -0.3 is 19.9 Å². The van der Waals surface area contributed by atoms with E-state index in [-0.39, 0.29) is 18.4 Å². The smallest absolute Gasteiger partial charge is 0.243 e. The van der Waals surface area contributed by atoms with Gasteiger partial charge in [-0.2, -0.15) is 0 Å². The summed E-state index contributed by atoms with van der Waals surface area (Å²) in [7, 11) is 3.22. The molecule has 0 atom stereocenters.